The highest BCUT2D eigenvalue weighted by Gasteiger charge is 2.10. The number of halogens is 2. The van der Waals surface area contributed by atoms with Crippen molar-refractivity contribution in [3.8, 4) is 0 Å². The van der Waals surface area contributed by atoms with E-state index < -0.39 is 0 Å². The summed E-state index contributed by atoms with van der Waals surface area (Å²) in [6, 6.07) is 11.6. The molecule has 2 aromatic rings. The molecule has 0 fully saturated rings. The van der Waals surface area contributed by atoms with Gasteiger partial charge in [-0.3, -0.25) is 4.79 Å². The molecule has 92 valence electrons. The van der Waals surface area contributed by atoms with Crippen LogP contribution in [0.2, 0.25) is 0 Å². The maximum absolute atomic E-state index is 12.8. The summed E-state index contributed by atoms with van der Waals surface area (Å²) in [5, 5.41) is 0. The van der Waals surface area contributed by atoms with E-state index >= 15 is 0 Å². The second kappa shape index (κ2) is 5.44. The number of carbonyl (C=O) groups is 1. The van der Waals surface area contributed by atoms with Gasteiger partial charge in [0.05, 0.1) is 0 Å². The first kappa shape index (κ1) is 13.0. The van der Waals surface area contributed by atoms with Crippen molar-refractivity contribution in [1.82, 2.24) is 0 Å². The highest BCUT2D eigenvalue weighted by Crippen LogP contribution is 2.20. The molecule has 0 saturated carbocycles. The third kappa shape index (κ3) is 3.05. The van der Waals surface area contributed by atoms with Crippen molar-refractivity contribution in [3.05, 3.63) is 69.4 Å². The van der Waals surface area contributed by atoms with Crippen LogP contribution in [0.5, 0.6) is 0 Å². The minimum absolute atomic E-state index is 0.0217. The minimum atomic E-state index is -0.289. The predicted octanol–water partition coefficient (Wildman–Crippen LogP) is 4.32. The van der Waals surface area contributed by atoms with Gasteiger partial charge in [-0.05, 0) is 42.3 Å². The second-order valence-corrected chi connectivity index (χ2v) is 5.06. The summed E-state index contributed by atoms with van der Waals surface area (Å²) in [6.45, 7) is 1.97. The molecule has 0 aliphatic rings. The first-order valence-electron chi connectivity index (χ1n) is 5.60. The molecule has 2 rings (SSSR count). The van der Waals surface area contributed by atoms with E-state index in [1.165, 1.54) is 12.1 Å². The smallest absolute Gasteiger partial charge is 0.168 e. The number of ketones is 1. The minimum Gasteiger partial charge on any atom is -0.294 e. The molecule has 3 heteroatoms. The number of rotatable bonds is 3. The molecule has 0 spiro atoms. The van der Waals surface area contributed by atoms with Gasteiger partial charge in [0.25, 0.3) is 0 Å². The lowest BCUT2D eigenvalue weighted by Crippen LogP contribution is -2.04. The Balaban J connectivity index is 2.19. The Morgan fingerprint density at radius 3 is 2.44 bits per heavy atom. The normalized spacial score (nSPS) is 10.4. The maximum Gasteiger partial charge on any atom is 0.168 e. The van der Waals surface area contributed by atoms with Crippen molar-refractivity contribution < 1.29 is 9.18 Å². The highest BCUT2D eigenvalue weighted by atomic mass is 79.9. The molecule has 0 radical (unpaired) electrons. The van der Waals surface area contributed by atoms with Crippen LogP contribution < -0.4 is 0 Å². The van der Waals surface area contributed by atoms with E-state index in [-0.39, 0.29) is 18.0 Å². The fourth-order valence-corrected chi connectivity index (χ4v) is 2.44. The zero-order chi connectivity index (χ0) is 13.1. The van der Waals surface area contributed by atoms with Crippen LogP contribution in [0, 0.1) is 12.7 Å². The average molecular weight is 307 g/mol. The summed E-state index contributed by atoms with van der Waals surface area (Å²) in [6.07, 6.45) is 0.280. The largest absolute Gasteiger partial charge is 0.294 e. The van der Waals surface area contributed by atoms with E-state index in [0.29, 0.717) is 5.56 Å². The van der Waals surface area contributed by atoms with Gasteiger partial charge in [-0.1, -0.05) is 34.1 Å². The van der Waals surface area contributed by atoms with Crippen LogP contribution >= 0.6 is 15.9 Å². The Labute approximate surface area is 114 Å². The number of Topliss-reactive ketones (excluding diaryl/α,β-unsaturated/α-hetero) is 1. The molecule has 0 aliphatic carbocycles. The molecule has 1 nitrogen and oxygen atoms in total. The summed E-state index contributed by atoms with van der Waals surface area (Å²) in [7, 11) is 0. The Morgan fingerprint density at radius 1 is 1.17 bits per heavy atom. The first-order valence-corrected chi connectivity index (χ1v) is 6.39. The first-order chi connectivity index (χ1) is 8.56. The van der Waals surface area contributed by atoms with E-state index in [1.54, 1.807) is 12.1 Å². The summed E-state index contributed by atoms with van der Waals surface area (Å²) in [5.41, 5.74) is 2.57. The quantitative estimate of drug-likeness (QED) is 0.772. The predicted molar refractivity (Wildman–Crippen MR) is 73.3 cm³/mol. The molecule has 0 N–H and O–H groups in total. The number of hydrogen-bond donors (Lipinski definition) is 0. The lowest BCUT2D eigenvalue weighted by Gasteiger charge is -2.05. The molecule has 0 aromatic heterocycles. The SMILES string of the molecule is Cc1ccc(C(=O)Cc2ccc(F)cc2)c(Br)c1. The molecule has 2 aromatic carbocycles. The number of carbonyl (C=O) groups excluding carboxylic acids is 1. The number of benzene rings is 2. The molecular formula is C15H12BrFO. The fraction of sp³-hybridized carbons (Fsp3) is 0.133. The van der Waals surface area contributed by atoms with Crippen molar-refractivity contribution in [3.63, 3.8) is 0 Å². The van der Waals surface area contributed by atoms with E-state index in [1.807, 2.05) is 25.1 Å². The van der Waals surface area contributed by atoms with Crippen LogP contribution in [0.4, 0.5) is 4.39 Å². The van der Waals surface area contributed by atoms with Crippen LogP contribution in [0.3, 0.4) is 0 Å². The van der Waals surface area contributed by atoms with Crippen LogP contribution in [-0.4, -0.2) is 5.78 Å². The Morgan fingerprint density at radius 2 is 1.83 bits per heavy atom. The molecule has 0 atom stereocenters. The van der Waals surface area contributed by atoms with Gasteiger partial charge in [0.15, 0.2) is 5.78 Å². The standard InChI is InChI=1S/C15H12BrFO/c1-10-2-7-13(14(16)8-10)15(18)9-11-3-5-12(17)6-4-11/h2-8H,9H2,1H3. The van der Waals surface area contributed by atoms with Crippen LogP contribution in [0.25, 0.3) is 0 Å². The van der Waals surface area contributed by atoms with E-state index in [0.717, 1.165) is 15.6 Å². The van der Waals surface area contributed by atoms with E-state index in [2.05, 4.69) is 15.9 Å². The van der Waals surface area contributed by atoms with Crippen LogP contribution in [-0.2, 0) is 6.42 Å². The number of aryl methyl sites for hydroxylation is 1. The third-order valence-electron chi connectivity index (χ3n) is 2.70. The molecule has 18 heavy (non-hydrogen) atoms. The fourth-order valence-electron chi connectivity index (χ4n) is 1.73. The van der Waals surface area contributed by atoms with Gasteiger partial charge in [-0.25, -0.2) is 4.39 Å². The van der Waals surface area contributed by atoms with Crippen molar-refractivity contribution in [2.24, 2.45) is 0 Å². The molecular weight excluding hydrogens is 295 g/mol. The van der Waals surface area contributed by atoms with Gasteiger partial charge in [0.2, 0.25) is 0 Å². The summed E-state index contributed by atoms with van der Waals surface area (Å²) in [4.78, 5) is 12.1. The summed E-state index contributed by atoms with van der Waals surface area (Å²) in [5.74, 6) is -0.267. The van der Waals surface area contributed by atoms with Crippen molar-refractivity contribution in [2.45, 2.75) is 13.3 Å². The van der Waals surface area contributed by atoms with Crippen molar-refractivity contribution in [2.75, 3.05) is 0 Å². The van der Waals surface area contributed by atoms with Gasteiger partial charge in [-0.2, -0.15) is 0 Å². The van der Waals surface area contributed by atoms with Gasteiger partial charge in [-0.15, -0.1) is 0 Å². The monoisotopic (exact) mass is 306 g/mol. The molecule has 0 amide bonds. The van der Waals surface area contributed by atoms with Gasteiger partial charge < -0.3 is 0 Å². The lowest BCUT2D eigenvalue weighted by atomic mass is 10.0. The molecule has 0 saturated heterocycles. The van der Waals surface area contributed by atoms with E-state index in [4.69, 9.17) is 0 Å². The zero-order valence-corrected chi connectivity index (χ0v) is 11.5. The molecule has 0 unspecified atom stereocenters. The lowest BCUT2D eigenvalue weighted by molar-refractivity contribution is 0.0992. The highest BCUT2D eigenvalue weighted by molar-refractivity contribution is 9.10. The summed E-state index contributed by atoms with van der Waals surface area (Å²) >= 11 is 3.39. The van der Waals surface area contributed by atoms with Crippen molar-refractivity contribution in [1.29, 1.82) is 0 Å². The van der Waals surface area contributed by atoms with Crippen molar-refractivity contribution >= 4 is 21.7 Å². The molecule has 0 bridgehead atoms. The molecule has 0 aliphatic heterocycles. The summed E-state index contributed by atoms with van der Waals surface area (Å²) < 4.78 is 13.6. The molecule has 0 heterocycles. The van der Waals surface area contributed by atoms with Gasteiger partial charge in [0.1, 0.15) is 5.82 Å². The average Bonchev–Trinajstić information content (AvgIpc) is 2.32. The van der Waals surface area contributed by atoms with Gasteiger partial charge >= 0.3 is 0 Å². The Hall–Kier alpha value is -1.48. The topological polar surface area (TPSA) is 17.1 Å². The maximum atomic E-state index is 12.8. The van der Waals surface area contributed by atoms with Gasteiger partial charge in [0, 0.05) is 16.5 Å². The second-order valence-electron chi connectivity index (χ2n) is 4.21. The number of hydrogen-bond acceptors (Lipinski definition) is 1. The van der Waals surface area contributed by atoms with E-state index in [9.17, 15) is 9.18 Å². The zero-order valence-electron chi connectivity index (χ0n) is 9.91. The Bertz CT molecular complexity index is 576. The Kier molecular flexibility index (Phi) is 3.92. The third-order valence-corrected chi connectivity index (χ3v) is 3.36. The van der Waals surface area contributed by atoms with Crippen LogP contribution in [0.1, 0.15) is 21.5 Å². The van der Waals surface area contributed by atoms with Crippen LogP contribution in [0.15, 0.2) is 46.9 Å².